The Balaban J connectivity index is 1.74. The topological polar surface area (TPSA) is 94.0 Å². The first kappa shape index (κ1) is 21.6. The Morgan fingerprint density at radius 1 is 1.06 bits per heavy atom. The molecule has 9 nitrogen and oxygen atoms in total. The molecule has 0 unspecified atom stereocenters. The number of carbonyl (C=O) groups is 1. The Morgan fingerprint density at radius 3 is 2.48 bits per heavy atom. The molecule has 10 heteroatoms. The maximum absolute atomic E-state index is 13.5. The van der Waals surface area contributed by atoms with E-state index in [0.717, 1.165) is 9.87 Å². The van der Waals surface area contributed by atoms with Crippen molar-refractivity contribution < 1.29 is 22.7 Å². The van der Waals surface area contributed by atoms with Crippen LogP contribution in [0.1, 0.15) is 16.1 Å². The van der Waals surface area contributed by atoms with Crippen molar-refractivity contribution in [1.29, 1.82) is 0 Å². The largest absolute Gasteiger partial charge is 0.378 e. The number of rotatable bonds is 5. The Morgan fingerprint density at radius 2 is 1.76 bits per heavy atom. The lowest BCUT2D eigenvalue weighted by Gasteiger charge is -2.31. The van der Waals surface area contributed by atoms with Crippen LogP contribution < -0.4 is 4.31 Å². The van der Waals surface area contributed by atoms with Crippen LogP contribution in [0.25, 0.3) is 11.3 Å². The SMILES string of the molecule is COCN1c2c(C(=O)N3CCOCC3)nn(Cc3ccccc3)c2-c2ccccc2S1(=O)=O. The summed E-state index contributed by atoms with van der Waals surface area (Å²) in [5, 5.41) is 4.68. The molecule has 0 N–H and O–H groups in total. The molecule has 1 saturated heterocycles. The molecule has 0 radical (unpaired) electrons. The fourth-order valence-electron chi connectivity index (χ4n) is 4.26. The van der Waals surface area contributed by atoms with Gasteiger partial charge in [0.25, 0.3) is 15.9 Å². The standard InChI is InChI=1S/C23H24N4O5S/c1-31-16-27-22-20(23(28)25-11-13-32-14-12-25)24-26(15-17-7-3-2-4-8-17)21(22)18-9-5-6-10-19(18)33(27,29)30/h2-10H,11-16H2,1H3. The highest BCUT2D eigenvalue weighted by Crippen LogP contribution is 2.45. The summed E-state index contributed by atoms with van der Waals surface area (Å²) in [4.78, 5) is 15.4. The van der Waals surface area contributed by atoms with Gasteiger partial charge in [-0.25, -0.2) is 12.7 Å². The summed E-state index contributed by atoms with van der Waals surface area (Å²) >= 11 is 0. The number of aromatic nitrogens is 2. The number of hydrogen-bond donors (Lipinski definition) is 0. The minimum absolute atomic E-state index is 0.0953. The van der Waals surface area contributed by atoms with Crippen LogP contribution in [0.3, 0.4) is 0 Å². The summed E-state index contributed by atoms with van der Waals surface area (Å²) < 4.78 is 40.6. The van der Waals surface area contributed by atoms with Crippen molar-refractivity contribution in [2.24, 2.45) is 0 Å². The summed E-state index contributed by atoms with van der Waals surface area (Å²) in [5.74, 6) is -0.322. The molecule has 2 aliphatic heterocycles. The number of carbonyl (C=O) groups excluding carboxylic acids is 1. The number of nitrogens with zero attached hydrogens (tertiary/aromatic N) is 4. The van der Waals surface area contributed by atoms with Gasteiger partial charge in [-0.2, -0.15) is 5.10 Å². The summed E-state index contributed by atoms with van der Waals surface area (Å²) in [6, 6.07) is 16.5. The number of sulfonamides is 1. The van der Waals surface area contributed by atoms with Gasteiger partial charge in [-0.05, 0) is 11.6 Å². The fraction of sp³-hybridized carbons (Fsp3) is 0.304. The zero-order valence-electron chi connectivity index (χ0n) is 18.2. The second-order valence-corrected chi connectivity index (χ2v) is 9.69. The van der Waals surface area contributed by atoms with Crippen LogP contribution in [0.15, 0.2) is 59.5 Å². The van der Waals surface area contributed by atoms with Crippen LogP contribution in [0.2, 0.25) is 0 Å². The van der Waals surface area contributed by atoms with Gasteiger partial charge >= 0.3 is 0 Å². The molecule has 0 aliphatic carbocycles. The molecule has 0 spiro atoms. The van der Waals surface area contributed by atoms with Gasteiger partial charge < -0.3 is 14.4 Å². The van der Waals surface area contributed by atoms with Crippen LogP contribution in [0.4, 0.5) is 5.69 Å². The van der Waals surface area contributed by atoms with E-state index in [1.54, 1.807) is 33.8 Å². The van der Waals surface area contributed by atoms with Crippen LogP contribution in [-0.4, -0.2) is 69.1 Å². The lowest BCUT2D eigenvalue weighted by Crippen LogP contribution is -2.42. The van der Waals surface area contributed by atoms with Crippen LogP contribution in [0.5, 0.6) is 0 Å². The Bertz CT molecular complexity index is 1280. The molecule has 0 bridgehead atoms. The average molecular weight is 469 g/mol. The molecule has 1 fully saturated rings. The molecule has 3 aromatic rings. The van der Waals surface area contributed by atoms with Gasteiger partial charge in [0.1, 0.15) is 12.4 Å². The highest BCUT2D eigenvalue weighted by molar-refractivity contribution is 7.93. The Labute approximate surface area is 192 Å². The summed E-state index contributed by atoms with van der Waals surface area (Å²) in [5.41, 5.74) is 2.43. The van der Waals surface area contributed by atoms with Gasteiger partial charge in [-0.15, -0.1) is 0 Å². The molecule has 1 aromatic heterocycles. The molecule has 2 aromatic carbocycles. The van der Waals surface area contributed by atoms with Crippen molar-refractivity contribution in [2.75, 3.05) is 44.4 Å². The van der Waals surface area contributed by atoms with Gasteiger partial charge in [0.2, 0.25) is 0 Å². The lowest BCUT2D eigenvalue weighted by molar-refractivity contribution is 0.0299. The highest BCUT2D eigenvalue weighted by atomic mass is 32.2. The number of methoxy groups -OCH3 is 1. The molecule has 33 heavy (non-hydrogen) atoms. The second-order valence-electron chi connectivity index (χ2n) is 7.86. The molecule has 0 saturated carbocycles. The van der Waals surface area contributed by atoms with Gasteiger partial charge in [0, 0.05) is 25.8 Å². The molecular weight excluding hydrogens is 444 g/mol. The van der Waals surface area contributed by atoms with Crippen LogP contribution in [-0.2, 0) is 26.0 Å². The quantitative estimate of drug-likeness (QED) is 0.570. The number of fused-ring (bicyclic) bond motifs is 3. The second kappa shape index (κ2) is 8.62. The number of hydrogen-bond acceptors (Lipinski definition) is 6. The monoisotopic (exact) mass is 468 g/mol. The predicted octanol–water partition coefficient (Wildman–Crippen LogP) is 2.18. The smallest absolute Gasteiger partial charge is 0.276 e. The molecule has 3 heterocycles. The number of ether oxygens (including phenoxy) is 2. The maximum Gasteiger partial charge on any atom is 0.276 e. The first-order valence-electron chi connectivity index (χ1n) is 10.6. The van der Waals surface area contributed by atoms with Gasteiger partial charge in [-0.1, -0.05) is 48.5 Å². The minimum Gasteiger partial charge on any atom is -0.378 e. The highest BCUT2D eigenvalue weighted by Gasteiger charge is 2.42. The molecular formula is C23H24N4O5S. The zero-order valence-corrected chi connectivity index (χ0v) is 19.0. The third kappa shape index (κ3) is 3.69. The lowest BCUT2D eigenvalue weighted by atomic mass is 10.1. The first-order valence-corrected chi connectivity index (χ1v) is 12.1. The van der Waals surface area contributed by atoms with E-state index in [1.165, 1.54) is 7.11 Å². The summed E-state index contributed by atoms with van der Waals surface area (Å²) in [6.07, 6.45) is 0. The van der Waals surface area contributed by atoms with E-state index in [4.69, 9.17) is 9.47 Å². The number of morpholine rings is 1. The number of anilines is 1. The van der Waals surface area contributed by atoms with Crippen molar-refractivity contribution in [1.82, 2.24) is 14.7 Å². The van der Waals surface area contributed by atoms with Crippen molar-refractivity contribution in [3.05, 3.63) is 65.9 Å². The normalized spacial score (nSPS) is 16.9. The average Bonchev–Trinajstić information content (AvgIpc) is 3.21. The van der Waals surface area contributed by atoms with Crippen LogP contribution in [0, 0.1) is 0 Å². The molecule has 0 atom stereocenters. The van der Waals surface area contributed by atoms with E-state index in [-0.39, 0.29) is 28.9 Å². The van der Waals surface area contributed by atoms with Gasteiger partial charge in [0.15, 0.2) is 5.69 Å². The van der Waals surface area contributed by atoms with E-state index in [9.17, 15) is 13.2 Å². The van der Waals surface area contributed by atoms with Crippen molar-refractivity contribution >= 4 is 21.6 Å². The predicted molar refractivity (Wildman–Crippen MR) is 121 cm³/mol. The van der Waals surface area contributed by atoms with E-state index >= 15 is 0 Å². The van der Waals surface area contributed by atoms with E-state index in [0.29, 0.717) is 44.1 Å². The summed E-state index contributed by atoms with van der Waals surface area (Å²) in [6.45, 7) is 1.86. The van der Waals surface area contributed by atoms with Crippen molar-refractivity contribution in [2.45, 2.75) is 11.4 Å². The number of benzene rings is 2. The Kier molecular flexibility index (Phi) is 5.65. The maximum atomic E-state index is 13.5. The fourth-order valence-corrected chi connectivity index (χ4v) is 5.85. The van der Waals surface area contributed by atoms with Gasteiger partial charge in [-0.3, -0.25) is 9.48 Å². The van der Waals surface area contributed by atoms with Crippen LogP contribution >= 0.6 is 0 Å². The van der Waals surface area contributed by atoms with E-state index < -0.39 is 10.0 Å². The first-order chi connectivity index (χ1) is 16.0. The molecule has 5 rings (SSSR count). The molecule has 172 valence electrons. The molecule has 2 aliphatic rings. The zero-order chi connectivity index (χ0) is 23.0. The van der Waals surface area contributed by atoms with Crippen molar-refractivity contribution in [3.63, 3.8) is 0 Å². The Hall–Kier alpha value is -3.21. The third-order valence-corrected chi connectivity index (χ3v) is 7.59. The van der Waals surface area contributed by atoms with Gasteiger partial charge in [0.05, 0.1) is 30.3 Å². The van der Waals surface area contributed by atoms with Crippen molar-refractivity contribution in [3.8, 4) is 11.3 Å². The molecule has 1 amide bonds. The third-order valence-electron chi connectivity index (χ3n) is 5.81. The minimum atomic E-state index is -3.95. The van der Waals surface area contributed by atoms with E-state index in [1.807, 2.05) is 30.3 Å². The van der Waals surface area contributed by atoms with E-state index in [2.05, 4.69) is 5.10 Å². The summed E-state index contributed by atoms with van der Waals surface area (Å²) in [7, 11) is -2.52. The number of amides is 1.